The molecule has 3 aromatic rings. The van der Waals surface area contributed by atoms with Gasteiger partial charge in [0, 0.05) is 24.0 Å². The van der Waals surface area contributed by atoms with Gasteiger partial charge in [0.1, 0.15) is 6.33 Å². The molecular weight excluding hydrogens is 250 g/mol. The van der Waals surface area contributed by atoms with Crippen LogP contribution in [0.3, 0.4) is 0 Å². The summed E-state index contributed by atoms with van der Waals surface area (Å²) in [5.74, 6) is 0.617. The van der Waals surface area contributed by atoms with Gasteiger partial charge in [0.05, 0.1) is 0 Å². The highest BCUT2D eigenvalue weighted by atomic mass is 15.3. The van der Waals surface area contributed by atoms with E-state index in [1.807, 2.05) is 16.8 Å². The quantitative estimate of drug-likeness (QED) is 0.731. The van der Waals surface area contributed by atoms with Gasteiger partial charge in [0.2, 0.25) is 0 Å². The predicted molar refractivity (Wildman–Crippen MR) is 78.3 cm³/mol. The minimum absolute atomic E-state index is 0.405. The van der Waals surface area contributed by atoms with Crippen molar-refractivity contribution in [2.75, 3.05) is 14.1 Å². The number of aromatic nitrogens is 4. The molecule has 0 amide bonds. The fourth-order valence-corrected chi connectivity index (χ4v) is 2.13. The summed E-state index contributed by atoms with van der Waals surface area (Å²) in [5, 5.41) is 7.74. The Labute approximate surface area is 117 Å². The van der Waals surface area contributed by atoms with Gasteiger partial charge in [-0.3, -0.25) is 4.40 Å². The Hall–Kier alpha value is -2.27. The first-order valence-corrected chi connectivity index (χ1v) is 6.57. The van der Waals surface area contributed by atoms with Gasteiger partial charge in [0.25, 0.3) is 5.78 Å². The first-order valence-electron chi connectivity index (χ1n) is 6.57. The number of hydrogen-bond donors (Lipinski definition) is 0. The van der Waals surface area contributed by atoms with E-state index in [1.165, 1.54) is 5.56 Å². The topological polar surface area (TPSA) is 46.3 Å². The average molecular weight is 267 g/mol. The van der Waals surface area contributed by atoms with Gasteiger partial charge in [-0.2, -0.15) is 0 Å². The molecule has 0 spiro atoms. The lowest BCUT2D eigenvalue weighted by atomic mass is 10.0. The molecule has 0 N–H and O–H groups in total. The molecule has 0 fully saturated rings. The van der Waals surface area contributed by atoms with Crippen LogP contribution in [-0.2, 0) is 0 Å². The van der Waals surface area contributed by atoms with Gasteiger partial charge in [0.15, 0.2) is 0 Å². The first kappa shape index (κ1) is 12.7. The van der Waals surface area contributed by atoms with Crippen LogP contribution >= 0.6 is 0 Å². The van der Waals surface area contributed by atoms with Crippen molar-refractivity contribution in [2.24, 2.45) is 0 Å². The largest absolute Gasteiger partial charge is 0.303 e. The Kier molecular flexibility index (Phi) is 3.20. The highest BCUT2D eigenvalue weighted by Crippen LogP contribution is 2.23. The third kappa shape index (κ3) is 2.28. The smallest absolute Gasteiger partial charge is 0.254 e. The molecule has 0 unspecified atom stereocenters. The van der Waals surface area contributed by atoms with Gasteiger partial charge in [-0.05, 0) is 32.1 Å². The van der Waals surface area contributed by atoms with Crippen molar-refractivity contribution < 1.29 is 0 Å². The van der Waals surface area contributed by atoms with Crippen LogP contribution in [0.1, 0.15) is 18.5 Å². The van der Waals surface area contributed by atoms with Crippen molar-refractivity contribution >= 4 is 5.78 Å². The molecule has 3 rings (SSSR count). The second-order valence-corrected chi connectivity index (χ2v) is 5.14. The zero-order chi connectivity index (χ0) is 14.1. The molecule has 0 saturated carbocycles. The van der Waals surface area contributed by atoms with Gasteiger partial charge >= 0.3 is 0 Å². The SMILES string of the molecule is C[C@H](c1ccc(-c2cnc3nncn3c2)cc1)N(C)C. The van der Waals surface area contributed by atoms with E-state index in [0.29, 0.717) is 11.8 Å². The average Bonchev–Trinajstić information content (AvgIpc) is 2.94. The molecule has 0 aliphatic heterocycles. The Bertz CT molecular complexity index is 714. The maximum atomic E-state index is 4.28. The van der Waals surface area contributed by atoms with Crippen molar-refractivity contribution in [2.45, 2.75) is 13.0 Å². The van der Waals surface area contributed by atoms with E-state index in [2.05, 4.69) is 65.4 Å². The van der Waals surface area contributed by atoms with Crippen LogP contribution in [-0.4, -0.2) is 38.6 Å². The lowest BCUT2D eigenvalue weighted by Crippen LogP contribution is -2.16. The van der Waals surface area contributed by atoms with Crippen LogP contribution in [0.2, 0.25) is 0 Å². The van der Waals surface area contributed by atoms with E-state index in [9.17, 15) is 0 Å². The third-order valence-corrected chi connectivity index (χ3v) is 3.65. The zero-order valence-corrected chi connectivity index (χ0v) is 11.9. The Balaban J connectivity index is 1.94. The van der Waals surface area contributed by atoms with Gasteiger partial charge < -0.3 is 4.90 Å². The third-order valence-electron chi connectivity index (χ3n) is 3.65. The summed E-state index contributed by atoms with van der Waals surface area (Å²) >= 11 is 0. The fourth-order valence-electron chi connectivity index (χ4n) is 2.13. The number of fused-ring (bicyclic) bond motifs is 1. The molecule has 0 aliphatic carbocycles. The summed E-state index contributed by atoms with van der Waals surface area (Å²) in [6, 6.07) is 8.99. The molecule has 1 aromatic carbocycles. The highest BCUT2D eigenvalue weighted by molar-refractivity contribution is 5.62. The molecule has 102 valence electrons. The van der Waals surface area contributed by atoms with Crippen molar-refractivity contribution in [3.05, 3.63) is 48.5 Å². The van der Waals surface area contributed by atoms with Crippen molar-refractivity contribution in [3.63, 3.8) is 0 Å². The highest BCUT2D eigenvalue weighted by Gasteiger charge is 2.08. The Morgan fingerprint density at radius 3 is 2.55 bits per heavy atom. The lowest BCUT2D eigenvalue weighted by molar-refractivity contribution is 0.321. The van der Waals surface area contributed by atoms with Gasteiger partial charge in [-0.15, -0.1) is 10.2 Å². The summed E-state index contributed by atoms with van der Waals surface area (Å²) in [6.07, 6.45) is 5.48. The number of rotatable bonds is 3. The van der Waals surface area contributed by atoms with Crippen LogP contribution in [0, 0.1) is 0 Å². The molecule has 5 nitrogen and oxygen atoms in total. The Morgan fingerprint density at radius 2 is 1.85 bits per heavy atom. The lowest BCUT2D eigenvalue weighted by Gasteiger charge is -2.20. The zero-order valence-electron chi connectivity index (χ0n) is 11.9. The maximum Gasteiger partial charge on any atom is 0.254 e. The van der Waals surface area contributed by atoms with E-state index in [4.69, 9.17) is 0 Å². The van der Waals surface area contributed by atoms with Crippen LogP contribution in [0.25, 0.3) is 16.9 Å². The van der Waals surface area contributed by atoms with Gasteiger partial charge in [-0.25, -0.2) is 4.98 Å². The summed E-state index contributed by atoms with van der Waals surface area (Å²) in [7, 11) is 4.17. The maximum absolute atomic E-state index is 4.28. The van der Waals surface area contributed by atoms with Crippen molar-refractivity contribution in [3.8, 4) is 11.1 Å². The molecule has 1 atom stereocenters. The number of benzene rings is 1. The van der Waals surface area contributed by atoms with E-state index in [1.54, 1.807) is 6.33 Å². The summed E-state index contributed by atoms with van der Waals surface area (Å²) < 4.78 is 1.83. The summed E-state index contributed by atoms with van der Waals surface area (Å²) in [6.45, 7) is 2.19. The monoisotopic (exact) mass is 267 g/mol. The number of hydrogen-bond acceptors (Lipinski definition) is 4. The van der Waals surface area contributed by atoms with E-state index in [0.717, 1.165) is 11.1 Å². The number of nitrogens with zero attached hydrogens (tertiary/aromatic N) is 5. The second-order valence-electron chi connectivity index (χ2n) is 5.14. The van der Waals surface area contributed by atoms with Crippen molar-refractivity contribution in [1.82, 2.24) is 24.5 Å². The predicted octanol–water partition coefficient (Wildman–Crippen LogP) is 2.41. The van der Waals surface area contributed by atoms with E-state index < -0.39 is 0 Å². The Morgan fingerprint density at radius 1 is 1.10 bits per heavy atom. The molecule has 5 heteroatoms. The normalized spacial score (nSPS) is 13.0. The minimum atomic E-state index is 0.405. The van der Waals surface area contributed by atoms with Crippen molar-refractivity contribution in [1.29, 1.82) is 0 Å². The molecule has 2 aromatic heterocycles. The van der Waals surface area contributed by atoms with Gasteiger partial charge in [-0.1, -0.05) is 24.3 Å². The van der Waals surface area contributed by atoms with E-state index >= 15 is 0 Å². The minimum Gasteiger partial charge on any atom is -0.303 e. The summed E-state index contributed by atoms with van der Waals surface area (Å²) in [4.78, 5) is 6.48. The summed E-state index contributed by atoms with van der Waals surface area (Å²) in [5.41, 5.74) is 3.50. The van der Waals surface area contributed by atoms with Crippen LogP contribution in [0.5, 0.6) is 0 Å². The van der Waals surface area contributed by atoms with E-state index in [-0.39, 0.29) is 0 Å². The first-order chi connectivity index (χ1) is 9.65. The van der Waals surface area contributed by atoms with Crippen LogP contribution < -0.4 is 0 Å². The molecule has 0 radical (unpaired) electrons. The fraction of sp³-hybridized carbons (Fsp3) is 0.267. The molecule has 0 bridgehead atoms. The van der Waals surface area contributed by atoms with Crippen LogP contribution in [0.15, 0.2) is 43.0 Å². The molecule has 2 heterocycles. The second kappa shape index (κ2) is 5.02. The van der Waals surface area contributed by atoms with Crippen LogP contribution in [0.4, 0.5) is 0 Å². The molecular formula is C15H17N5. The molecule has 0 saturated heterocycles. The standard InChI is InChI=1S/C15H17N5/c1-11(19(2)3)12-4-6-13(7-5-12)14-8-16-15-18-17-10-20(15)9-14/h4-11H,1-3H3/t11-/m1/s1. The molecule has 20 heavy (non-hydrogen) atoms. The molecule has 0 aliphatic rings.